The molecule has 152 valence electrons. The van der Waals surface area contributed by atoms with Crippen molar-refractivity contribution in [2.24, 2.45) is 5.92 Å². The minimum atomic E-state index is -3.96. The van der Waals surface area contributed by atoms with E-state index < -0.39 is 27.5 Å². The van der Waals surface area contributed by atoms with Crippen LogP contribution in [0.25, 0.3) is 0 Å². The predicted octanol–water partition coefficient (Wildman–Crippen LogP) is 1.94. The van der Waals surface area contributed by atoms with Crippen molar-refractivity contribution in [2.45, 2.75) is 59.2 Å². The number of carbonyl (C=O) groups is 2. The van der Waals surface area contributed by atoms with Crippen LogP contribution in [0.5, 0.6) is 0 Å². The molecule has 1 rings (SSSR count). The summed E-state index contributed by atoms with van der Waals surface area (Å²) in [5.41, 5.74) is -1.32. The summed E-state index contributed by atoms with van der Waals surface area (Å²) in [4.78, 5) is 25.1. The van der Waals surface area contributed by atoms with E-state index in [1.165, 1.54) is 7.05 Å². The van der Waals surface area contributed by atoms with E-state index in [9.17, 15) is 18.0 Å². The Labute approximate surface area is 156 Å². The van der Waals surface area contributed by atoms with E-state index in [1.807, 2.05) is 4.72 Å². The normalized spacial score (nSPS) is 16.2. The molecule has 10 heteroatoms. The molecule has 1 heterocycles. The second kappa shape index (κ2) is 7.99. The molecule has 0 aromatic heterocycles. The van der Waals surface area contributed by atoms with Crippen molar-refractivity contribution < 1.29 is 27.5 Å². The number of likely N-dealkylation sites (tertiary alicyclic amines) is 1. The predicted molar refractivity (Wildman–Crippen MR) is 96.8 cm³/mol. The molecule has 0 unspecified atom stereocenters. The van der Waals surface area contributed by atoms with Crippen LogP contribution < -0.4 is 4.72 Å². The molecule has 1 aliphatic heterocycles. The highest BCUT2D eigenvalue weighted by molar-refractivity contribution is 7.87. The molecule has 0 bridgehead atoms. The van der Waals surface area contributed by atoms with Gasteiger partial charge in [0.1, 0.15) is 11.2 Å². The van der Waals surface area contributed by atoms with Crippen molar-refractivity contribution in [1.29, 1.82) is 0 Å². The number of ether oxygens (including phenoxy) is 2. The van der Waals surface area contributed by atoms with E-state index in [1.54, 1.807) is 46.4 Å². The van der Waals surface area contributed by atoms with E-state index in [0.29, 0.717) is 19.5 Å². The van der Waals surface area contributed by atoms with Gasteiger partial charge < -0.3 is 14.4 Å². The third-order valence-corrected chi connectivity index (χ3v) is 4.91. The molecule has 9 nitrogen and oxygen atoms in total. The summed E-state index contributed by atoms with van der Waals surface area (Å²) in [5.74, 6) is 0.196. The molecule has 26 heavy (non-hydrogen) atoms. The Kier molecular flexibility index (Phi) is 6.92. The van der Waals surface area contributed by atoms with Crippen LogP contribution in [0.3, 0.4) is 0 Å². The lowest BCUT2D eigenvalue weighted by molar-refractivity contribution is -0.00256. The molecule has 0 aromatic rings. The molecule has 1 N–H and O–H groups in total. The second-order valence-corrected chi connectivity index (χ2v) is 10.2. The summed E-state index contributed by atoms with van der Waals surface area (Å²) in [6.45, 7) is 11.6. The Bertz CT molecular complexity index is 615. The first kappa shape index (κ1) is 22.5. The maximum absolute atomic E-state index is 12.1. The lowest BCUT2D eigenvalue weighted by Crippen LogP contribution is -2.52. The molecule has 0 aromatic carbocycles. The van der Waals surface area contributed by atoms with E-state index in [0.717, 1.165) is 4.31 Å². The second-order valence-electron chi connectivity index (χ2n) is 8.47. The highest BCUT2D eigenvalue weighted by Crippen LogP contribution is 2.22. The van der Waals surface area contributed by atoms with Crippen LogP contribution in [0, 0.1) is 5.92 Å². The molecule has 0 saturated carbocycles. The molecule has 0 radical (unpaired) electrons. The monoisotopic (exact) mass is 393 g/mol. The summed E-state index contributed by atoms with van der Waals surface area (Å²) in [6.07, 6.45) is -0.796. The van der Waals surface area contributed by atoms with Crippen molar-refractivity contribution in [1.82, 2.24) is 13.9 Å². The van der Waals surface area contributed by atoms with Gasteiger partial charge in [-0.2, -0.15) is 12.7 Å². The Balaban J connectivity index is 2.37. The zero-order valence-corrected chi connectivity index (χ0v) is 17.5. The maximum atomic E-state index is 12.1. The van der Waals surface area contributed by atoms with Crippen molar-refractivity contribution in [3.63, 3.8) is 0 Å². The first-order valence-corrected chi connectivity index (χ1v) is 9.98. The van der Waals surface area contributed by atoms with Gasteiger partial charge in [-0.25, -0.2) is 14.3 Å². The Morgan fingerprint density at radius 2 is 1.58 bits per heavy atom. The van der Waals surface area contributed by atoms with E-state index in [2.05, 4.69) is 0 Å². The lowest BCUT2D eigenvalue weighted by Gasteiger charge is -2.40. The fourth-order valence-corrected chi connectivity index (χ4v) is 2.95. The Morgan fingerprint density at radius 3 is 2.04 bits per heavy atom. The number of rotatable bonds is 5. The molecule has 2 amide bonds. The van der Waals surface area contributed by atoms with Crippen molar-refractivity contribution in [2.75, 3.05) is 26.7 Å². The highest BCUT2D eigenvalue weighted by atomic mass is 32.2. The molecular weight excluding hydrogens is 362 g/mol. The van der Waals surface area contributed by atoms with Crippen LogP contribution in [0.15, 0.2) is 0 Å². The molecule has 0 spiro atoms. The maximum Gasteiger partial charge on any atom is 0.422 e. The quantitative estimate of drug-likeness (QED) is 0.765. The summed E-state index contributed by atoms with van der Waals surface area (Å²) in [6, 6.07) is 0. The average Bonchev–Trinajstić information content (AvgIpc) is 2.30. The van der Waals surface area contributed by atoms with E-state index >= 15 is 0 Å². The van der Waals surface area contributed by atoms with Crippen molar-refractivity contribution >= 4 is 22.4 Å². The summed E-state index contributed by atoms with van der Waals surface area (Å²) >= 11 is 0. The summed E-state index contributed by atoms with van der Waals surface area (Å²) in [5, 5.41) is 0. The van der Waals surface area contributed by atoms with Gasteiger partial charge in [0, 0.05) is 26.7 Å². The minimum Gasteiger partial charge on any atom is -0.444 e. The largest absolute Gasteiger partial charge is 0.444 e. The minimum absolute atomic E-state index is 0.196. The Hall–Kier alpha value is -1.55. The molecule has 1 saturated heterocycles. The summed E-state index contributed by atoms with van der Waals surface area (Å²) in [7, 11) is -2.58. The third kappa shape index (κ3) is 7.77. The van der Waals surface area contributed by atoms with Crippen LogP contribution >= 0.6 is 0 Å². The standard InChI is InChI=1S/C16H31N3O6S/c1-15(2,3)24-13(20)17-26(22,23)18(7)9-8-12-10-19(11-12)14(21)25-16(4,5)6/h12H,8-11H2,1-7H3,(H,17,20). The average molecular weight is 394 g/mol. The molecule has 1 aliphatic rings. The van der Waals surface area contributed by atoms with Crippen molar-refractivity contribution in [3.8, 4) is 0 Å². The zero-order valence-electron chi connectivity index (χ0n) is 16.7. The van der Waals surface area contributed by atoms with Crippen LogP contribution in [-0.2, 0) is 19.7 Å². The summed E-state index contributed by atoms with van der Waals surface area (Å²) < 4.78 is 37.4. The van der Waals surface area contributed by atoms with Gasteiger partial charge in [0.05, 0.1) is 0 Å². The Morgan fingerprint density at radius 1 is 1.08 bits per heavy atom. The van der Waals surface area contributed by atoms with Gasteiger partial charge in [-0.1, -0.05) is 0 Å². The van der Waals surface area contributed by atoms with Gasteiger partial charge in [0.25, 0.3) is 0 Å². The van der Waals surface area contributed by atoms with Crippen molar-refractivity contribution in [3.05, 3.63) is 0 Å². The smallest absolute Gasteiger partial charge is 0.422 e. The third-order valence-electron chi connectivity index (χ3n) is 3.48. The van der Waals surface area contributed by atoms with Crippen LogP contribution in [0.2, 0.25) is 0 Å². The van der Waals surface area contributed by atoms with Crippen LogP contribution in [0.1, 0.15) is 48.0 Å². The number of hydrogen-bond donors (Lipinski definition) is 1. The van der Waals surface area contributed by atoms with Gasteiger partial charge in [-0.15, -0.1) is 0 Å². The first-order valence-electron chi connectivity index (χ1n) is 8.54. The SMILES string of the molecule is CN(CCC1CN(C(=O)OC(C)(C)C)C1)S(=O)(=O)NC(=O)OC(C)(C)C. The lowest BCUT2D eigenvalue weighted by atomic mass is 9.97. The van der Waals surface area contributed by atoms with E-state index in [4.69, 9.17) is 9.47 Å². The number of nitrogens with one attached hydrogen (secondary N) is 1. The van der Waals surface area contributed by atoms with Gasteiger partial charge in [-0.3, -0.25) is 0 Å². The van der Waals surface area contributed by atoms with Gasteiger partial charge in [0.15, 0.2) is 0 Å². The first-order chi connectivity index (χ1) is 11.6. The van der Waals surface area contributed by atoms with E-state index in [-0.39, 0.29) is 18.6 Å². The molecule has 0 aliphatic carbocycles. The molecule has 1 fully saturated rings. The van der Waals surface area contributed by atoms with Crippen LogP contribution in [0.4, 0.5) is 9.59 Å². The molecule has 0 atom stereocenters. The van der Waals surface area contributed by atoms with Gasteiger partial charge in [-0.05, 0) is 53.9 Å². The van der Waals surface area contributed by atoms with Gasteiger partial charge >= 0.3 is 22.4 Å². The fraction of sp³-hybridized carbons (Fsp3) is 0.875. The number of nitrogens with zero attached hydrogens (tertiary/aromatic N) is 2. The molecular formula is C16H31N3O6S. The number of hydrogen-bond acceptors (Lipinski definition) is 6. The number of amides is 2. The fourth-order valence-electron chi connectivity index (χ4n) is 2.19. The topological polar surface area (TPSA) is 105 Å². The zero-order chi connectivity index (χ0) is 20.3. The van der Waals surface area contributed by atoms with Crippen LogP contribution in [-0.4, -0.2) is 67.7 Å². The highest BCUT2D eigenvalue weighted by Gasteiger charge is 2.34. The number of carbonyl (C=O) groups excluding carboxylic acids is 2. The van der Waals surface area contributed by atoms with Gasteiger partial charge in [0.2, 0.25) is 0 Å².